The Morgan fingerprint density at radius 3 is 2.03 bits per heavy atom. The number of nitrogens with one attached hydrogen (secondary N) is 1. The van der Waals surface area contributed by atoms with Crippen LogP contribution in [0.4, 0.5) is 0 Å². The van der Waals surface area contributed by atoms with E-state index in [-0.39, 0.29) is 5.91 Å². The molecule has 2 N–H and O–H groups in total. The molecule has 0 aromatic rings. The third kappa shape index (κ3) is 20.6. The number of aliphatic hydroxyl groups is 1. The van der Waals surface area contributed by atoms with Crippen molar-refractivity contribution in [1.82, 2.24) is 5.32 Å². The van der Waals surface area contributed by atoms with Crippen LogP contribution < -0.4 is 5.32 Å². The van der Waals surface area contributed by atoms with E-state index in [0.717, 1.165) is 49.9 Å². The van der Waals surface area contributed by atoms with Crippen LogP contribution in [0, 0.1) is 0 Å². The fraction of sp³-hybridized carbons (Fsp3) is 0.960. The minimum atomic E-state index is -0.428. The molecular formula is C25H53N2O3+. The van der Waals surface area contributed by atoms with Gasteiger partial charge in [0, 0.05) is 26.0 Å². The van der Waals surface area contributed by atoms with Crippen molar-refractivity contribution in [2.45, 2.75) is 110 Å². The lowest BCUT2D eigenvalue weighted by molar-refractivity contribution is -0.893. The lowest BCUT2D eigenvalue weighted by Gasteiger charge is -2.31. The van der Waals surface area contributed by atoms with Crippen LogP contribution in [0.2, 0.25) is 0 Å². The van der Waals surface area contributed by atoms with E-state index in [1.54, 1.807) is 0 Å². The maximum Gasteiger partial charge on any atom is 0.219 e. The molecule has 0 heterocycles. The first-order chi connectivity index (χ1) is 14.4. The number of ether oxygens (including phenoxy) is 1. The van der Waals surface area contributed by atoms with E-state index < -0.39 is 6.10 Å². The largest absolute Gasteiger partial charge is 0.385 e. The average molecular weight is 430 g/mol. The molecule has 0 aliphatic carbocycles. The number of rotatable bonds is 22. The van der Waals surface area contributed by atoms with Crippen molar-refractivity contribution in [3.8, 4) is 0 Å². The Labute approximate surface area is 187 Å². The van der Waals surface area contributed by atoms with E-state index >= 15 is 0 Å². The van der Waals surface area contributed by atoms with Gasteiger partial charge in [0.05, 0.1) is 27.2 Å². The van der Waals surface area contributed by atoms with Gasteiger partial charge in [-0.3, -0.25) is 4.79 Å². The van der Waals surface area contributed by atoms with Gasteiger partial charge < -0.3 is 19.6 Å². The first kappa shape index (κ1) is 29.4. The van der Waals surface area contributed by atoms with Crippen molar-refractivity contribution in [3.05, 3.63) is 0 Å². The summed E-state index contributed by atoms with van der Waals surface area (Å²) in [6, 6.07) is 0. The Hall–Kier alpha value is -0.650. The van der Waals surface area contributed by atoms with E-state index in [9.17, 15) is 9.90 Å². The van der Waals surface area contributed by atoms with Crippen molar-refractivity contribution < 1.29 is 19.1 Å². The zero-order valence-corrected chi connectivity index (χ0v) is 20.7. The molecule has 0 rings (SSSR count). The maximum atomic E-state index is 12.0. The highest BCUT2D eigenvalue weighted by Crippen LogP contribution is 2.11. The Morgan fingerprint density at radius 2 is 1.43 bits per heavy atom. The molecule has 1 atom stereocenters. The molecule has 30 heavy (non-hydrogen) atoms. The topological polar surface area (TPSA) is 58.6 Å². The summed E-state index contributed by atoms with van der Waals surface area (Å²) < 4.78 is 6.25. The molecule has 5 nitrogen and oxygen atoms in total. The molecule has 5 heteroatoms. The smallest absolute Gasteiger partial charge is 0.219 e. The van der Waals surface area contributed by atoms with E-state index in [2.05, 4.69) is 33.3 Å². The standard InChI is InChI=1S/C25H52N2O3/c1-5-7-9-10-11-12-13-14-15-16-18-25(29)26-19-17-20-27(3,4)22-24(28)23-30-21-8-6-2/h24,28H,5-23H2,1-4H3/p+1/t24-/m0/s1. The van der Waals surface area contributed by atoms with Crippen molar-refractivity contribution in [2.75, 3.05) is 46.9 Å². The number of likely N-dealkylation sites (N-methyl/N-ethyl adjacent to an activating group) is 1. The second-order valence-corrected chi connectivity index (χ2v) is 9.56. The lowest BCUT2D eigenvalue weighted by atomic mass is 10.1. The number of carbonyl (C=O) groups is 1. The minimum Gasteiger partial charge on any atom is -0.385 e. The summed E-state index contributed by atoms with van der Waals surface area (Å²) >= 11 is 0. The van der Waals surface area contributed by atoms with Gasteiger partial charge in [0.1, 0.15) is 12.6 Å². The van der Waals surface area contributed by atoms with E-state index in [0.29, 0.717) is 19.6 Å². The summed E-state index contributed by atoms with van der Waals surface area (Å²) in [5, 5.41) is 13.2. The van der Waals surface area contributed by atoms with Gasteiger partial charge in [-0.1, -0.05) is 78.1 Å². The Kier molecular flexibility index (Phi) is 19.8. The molecule has 0 radical (unpaired) electrons. The quantitative estimate of drug-likeness (QED) is 0.187. The van der Waals surface area contributed by atoms with E-state index in [4.69, 9.17) is 4.74 Å². The van der Waals surface area contributed by atoms with Crippen molar-refractivity contribution in [2.24, 2.45) is 0 Å². The van der Waals surface area contributed by atoms with Crippen molar-refractivity contribution in [1.29, 1.82) is 0 Å². The number of aliphatic hydroxyl groups excluding tert-OH is 1. The number of nitrogens with zero attached hydrogens (tertiary/aromatic N) is 1. The summed E-state index contributed by atoms with van der Waals surface area (Å²) in [6.45, 7) is 7.87. The van der Waals surface area contributed by atoms with Crippen LogP contribution in [0.3, 0.4) is 0 Å². The molecule has 0 saturated carbocycles. The SMILES string of the molecule is CCCCCCCCCCCCC(=O)NCCC[N+](C)(C)C[C@H](O)COCCCC. The van der Waals surface area contributed by atoms with Crippen LogP contribution in [0.5, 0.6) is 0 Å². The van der Waals surface area contributed by atoms with Crippen LogP contribution in [0.1, 0.15) is 104 Å². The van der Waals surface area contributed by atoms with Gasteiger partial charge in [-0.2, -0.15) is 0 Å². The molecule has 1 amide bonds. The summed E-state index contributed by atoms with van der Waals surface area (Å²) in [5.41, 5.74) is 0. The fourth-order valence-corrected chi connectivity index (χ4v) is 3.78. The number of carbonyl (C=O) groups excluding carboxylic acids is 1. The molecule has 0 spiro atoms. The Balaban J connectivity index is 3.56. The zero-order chi connectivity index (χ0) is 22.5. The van der Waals surface area contributed by atoms with Crippen LogP contribution in [-0.4, -0.2) is 68.5 Å². The molecule has 0 unspecified atom stereocenters. The first-order valence-electron chi connectivity index (χ1n) is 12.8. The van der Waals surface area contributed by atoms with Gasteiger partial charge in [-0.15, -0.1) is 0 Å². The molecule has 0 bridgehead atoms. The van der Waals surface area contributed by atoms with Gasteiger partial charge in [-0.25, -0.2) is 0 Å². The Bertz CT molecular complexity index is 389. The van der Waals surface area contributed by atoms with Crippen molar-refractivity contribution in [3.63, 3.8) is 0 Å². The highest BCUT2D eigenvalue weighted by Gasteiger charge is 2.20. The zero-order valence-electron chi connectivity index (χ0n) is 20.7. The van der Waals surface area contributed by atoms with Crippen molar-refractivity contribution >= 4 is 5.91 Å². The predicted octanol–water partition coefficient (Wildman–Crippen LogP) is 5.06. The monoisotopic (exact) mass is 429 g/mol. The molecule has 180 valence electrons. The van der Waals surface area contributed by atoms with E-state index in [1.165, 1.54) is 57.8 Å². The highest BCUT2D eigenvalue weighted by atomic mass is 16.5. The van der Waals surface area contributed by atoms with Crippen LogP contribution in [0.25, 0.3) is 0 Å². The molecule has 0 fully saturated rings. The van der Waals surface area contributed by atoms with Crippen LogP contribution in [-0.2, 0) is 9.53 Å². The van der Waals surface area contributed by atoms with Gasteiger partial charge in [0.15, 0.2) is 0 Å². The summed E-state index contributed by atoms with van der Waals surface area (Å²) in [6.07, 6.45) is 16.3. The number of hydrogen-bond donors (Lipinski definition) is 2. The normalized spacial score (nSPS) is 12.8. The summed E-state index contributed by atoms with van der Waals surface area (Å²) in [5.74, 6) is 0.184. The van der Waals surface area contributed by atoms with Crippen LogP contribution >= 0.6 is 0 Å². The Morgan fingerprint density at radius 1 is 0.867 bits per heavy atom. The number of unbranched alkanes of at least 4 members (excludes halogenated alkanes) is 10. The summed E-state index contributed by atoms with van der Waals surface area (Å²) in [4.78, 5) is 12.0. The fourth-order valence-electron chi connectivity index (χ4n) is 3.78. The first-order valence-corrected chi connectivity index (χ1v) is 12.8. The number of hydrogen-bond acceptors (Lipinski definition) is 3. The van der Waals surface area contributed by atoms with Gasteiger partial charge in [0.25, 0.3) is 0 Å². The van der Waals surface area contributed by atoms with Gasteiger partial charge in [0.2, 0.25) is 5.91 Å². The van der Waals surface area contributed by atoms with E-state index in [1.807, 2.05) is 0 Å². The second kappa shape index (κ2) is 20.3. The summed E-state index contributed by atoms with van der Waals surface area (Å²) in [7, 11) is 4.25. The molecule has 0 aromatic carbocycles. The lowest BCUT2D eigenvalue weighted by Crippen LogP contribution is -2.47. The molecular weight excluding hydrogens is 376 g/mol. The number of quaternary nitrogens is 1. The second-order valence-electron chi connectivity index (χ2n) is 9.56. The van der Waals surface area contributed by atoms with Gasteiger partial charge in [-0.05, 0) is 12.8 Å². The molecule has 0 aliphatic rings. The highest BCUT2D eigenvalue weighted by molar-refractivity contribution is 5.75. The predicted molar refractivity (Wildman–Crippen MR) is 128 cm³/mol. The minimum absolute atomic E-state index is 0.184. The third-order valence-corrected chi connectivity index (χ3v) is 5.68. The molecule has 0 aromatic heterocycles. The number of amides is 1. The van der Waals surface area contributed by atoms with Crippen LogP contribution in [0.15, 0.2) is 0 Å². The third-order valence-electron chi connectivity index (χ3n) is 5.68. The molecule has 0 aliphatic heterocycles. The average Bonchev–Trinajstić information content (AvgIpc) is 2.69. The maximum absolute atomic E-state index is 12.0. The molecule has 0 saturated heterocycles. The van der Waals surface area contributed by atoms with Gasteiger partial charge >= 0.3 is 0 Å².